The van der Waals surface area contributed by atoms with Crippen LogP contribution in [-0.4, -0.2) is 23.4 Å². The molecule has 1 aliphatic heterocycles. The fraction of sp³-hybridized carbons (Fsp3) is 0.467. The van der Waals surface area contributed by atoms with Crippen LogP contribution in [0, 0.1) is 11.3 Å². The summed E-state index contributed by atoms with van der Waals surface area (Å²) in [5.41, 5.74) is 1.89. The Bertz CT molecular complexity index is 525. The molecule has 0 radical (unpaired) electrons. The van der Waals surface area contributed by atoms with Crippen LogP contribution in [-0.2, 0) is 0 Å². The monoisotopic (exact) mass is 257 g/mol. The topological polar surface area (TPSA) is 48.6 Å². The molecule has 0 amide bonds. The Hall–Kier alpha value is -2.02. The summed E-state index contributed by atoms with van der Waals surface area (Å²) in [4.78, 5) is 0. The van der Waals surface area contributed by atoms with E-state index in [1.165, 1.54) is 0 Å². The minimum atomic E-state index is -0.363. The van der Waals surface area contributed by atoms with E-state index in [1.807, 2.05) is 36.2 Å². The predicted molar refractivity (Wildman–Crippen MR) is 75.0 cm³/mol. The molecule has 0 saturated heterocycles. The van der Waals surface area contributed by atoms with E-state index in [1.54, 1.807) is 7.11 Å². The van der Waals surface area contributed by atoms with Gasteiger partial charge in [-0.15, -0.1) is 0 Å². The lowest BCUT2D eigenvalue weighted by atomic mass is 9.96. The zero-order valence-corrected chi connectivity index (χ0v) is 11.8. The molecule has 2 rings (SSSR count). The first-order valence-corrected chi connectivity index (χ1v) is 6.35. The molecule has 0 N–H and O–H groups in total. The Labute approximate surface area is 114 Å². The van der Waals surface area contributed by atoms with Gasteiger partial charge in [0, 0.05) is 12.1 Å². The molecule has 1 aromatic rings. The van der Waals surface area contributed by atoms with Crippen molar-refractivity contribution in [3.8, 4) is 11.8 Å². The van der Waals surface area contributed by atoms with Crippen molar-refractivity contribution in [2.75, 3.05) is 7.11 Å². The van der Waals surface area contributed by atoms with Crippen molar-refractivity contribution in [2.24, 2.45) is 5.10 Å². The van der Waals surface area contributed by atoms with Crippen LogP contribution in [0.4, 0.5) is 0 Å². The van der Waals surface area contributed by atoms with Crippen molar-refractivity contribution in [2.45, 2.75) is 38.8 Å². The van der Waals surface area contributed by atoms with Crippen molar-refractivity contribution in [3.63, 3.8) is 0 Å². The summed E-state index contributed by atoms with van der Waals surface area (Å²) in [5, 5.41) is 15.9. The van der Waals surface area contributed by atoms with Gasteiger partial charge in [-0.1, -0.05) is 12.1 Å². The summed E-state index contributed by atoms with van der Waals surface area (Å²) in [6.45, 7) is 6.23. The SMILES string of the molecule is COc1ccc([C@H](C#N)N2N=C(C)CC2(C)C)cc1. The van der Waals surface area contributed by atoms with Crippen LogP contribution >= 0.6 is 0 Å². The molecule has 0 spiro atoms. The third-order valence-electron chi connectivity index (χ3n) is 3.39. The highest BCUT2D eigenvalue weighted by Gasteiger charge is 2.37. The van der Waals surface area contributed by atoms with Gasteiger partial charge in [0.1, 0.15) is 5.75 Å². The van der Waals surface area contributed by atoms with Crippen molar-refractivity contribution in [1.82, 2.24) is 5.01 Å². The van der Waals surface area contributed by atoms with Gasteiger partial charge < -0.3 is 4.74 Å². The molecule has 1 atom stereocenters. The highest BCUT2D eigenvalue weighted by Crippen LogP contribution is 2.35. The zero-order chi connectivity index (χ0) is 14.0. The molecule has 0 unspecified atom stereocenters. The normalized spacial score (nSPS) is 18.7. The summed E-state index contributed by atoms with van der Waals surface area (Å²) in [6.07, 6.45) is 0.890. The second kappa shape index (κ2) is 4.93. The number of hydrogen-bond acceptors (Lipinski definition) is 4. The van der Waals surface area contributed by atoms with Crippen LogP contribution in [0.1, 0.15) is 38.8 Å². The Morgan fingerprint density at radius 2 is 2.00 bits per heavy atom. The maximum atomic E-state index is 9.49. The van der Waals surface area contributed by atoms with Crippen LogP contribution < -0.4 is 4.74 Å². The van der Waals surface area contributed by atoms with Gasteiger partial charge in [0.25, 0.3) is 0 Å². The van der Waals surface area contributed by atoms with Gasteiger partial charge in [-0.05, 0) is 38.5 Å². The third kappa shape index (κ3) is 2.55. The average Bonchev–Trinajstić information content (AvgIpc) is 2.65. The standard InChI is InChI=1S/C15H19N3O/c1-11-9-15(2,3)18(17-11)14(10-16)12-5-7-13(19-4)8-6-12/h5-8,14H,9H2,1-4H3/t14-/m0/s1. The smallest absolute Gasteiger partial charge is 0.159 e. The van der Waals surface area contributed by atoms with Gasteiger partial charge in [0.05, 0.1) is 18.7 Å². The number of nitriles is 1. The molecule has 0 saturated carbocycles. The Morgan fingerprint density at radius 3 is 2.42 bits per heavy atom. The maximum Gasteiger partial charge on any atom is 0.159 e. The van der Waals surface area contributed by atoms with Crippen molar-refractivity contribution < 1.29 is 4.74 Å². The second-order valence-electron chi connectivity index (χ2n) is 5.47. The average molecular weight is 257 g/mol. The molecule has 19 heavy (non-hydrogen) atoms. The van der Waals surface area contributed by atoms with E-state index < -0.39 is 0 Å². The first-order chi connectivity index (χ1) is 8.97. The Kier molecular flexibility index (Phi) is 3.48. The van der Waals surface area contributed by atoms with Crippen LogP contribution in [0.15, 0.2) is 29.4 Å². The quantitative estimate of drug-likeness (QED) is 0.836. The summed E-state index contributed by atoms with van der Waals surface area (Å²) >= 11 is 0. The van der Waals surface area contributed by atoms with Gasteiger partial charge in [-0.3, -0.25) is 5.01 Å². The minimum Gasteiger partial charge on any atom is -0.497 e. The lowest BCUT2D eigenvalue weighted by Gasteiger charge is -2.34. The zero-order valence-electron chi connectivity index (χ0n) is 11.8. The fourth-order valence-electron chi connectivity index (χ4n) is 2.53. The van der Waals surface area contributed by atoms with E-state index in [-0.39, 0.29) is 11.6 Å². The van der Waals surface area contributed by atoms with Gasteiger partial charge in [0.2, 0.25) is 0 Å². The fourth-order valence-corrected chi connectivity index (χ4v) is 2.53. The number of hydrogen-bond donors (Lipinski definition) is 0. The summed E-state index contributed by atoms with van der Waals surface area (Å²) < 4.78 is 5.14. The van der Waals surface area contributed by atoms with Crippen molar-refractivity contribution in [3.05, 3.63) is 29.8 Å². The molecule has 4 nitrogen and oxygen atoms in total. The first kappa shape index (κ1) is 13.4. The number of methoxy groups -OCH3 is 1. The molecule has 100 valence electrons. The number of ether oxygens (including phenoxy) is 1. The molecule has 1 heterocycles. The van der Waals surface area contributed by atoms with E-state index in [0.717, 1.165) is 23.4 Å². The van der Waals surface area contributed by atoms with Gasteiger partial charge in [-0.2, -0.15) is 10.4 Å². The number of benzene rings is 1. The first-order valence-electron chi connectivity index (χ1n) is 6.35. The lowest BCUT2D eigenvalue weighted by molar-refractivity contribution is 0.123. The number of hydrazone groups is 1. The number of rotatable bonds is 3. The second-order valence-corrected chi connectivity index (χ2v) is 5.47. The van der Waals surface area contributed by atoms with E-state index in [2.05, 4.69) is 25.0 Å². The molecule has 0 aromatic heterocycles. The van der Waals surface area contributed by atoms with Crippen LogP contribution in [0.25, 0.3) is 0 Å². The van der Waals surface area contributed by atoms with Crippen LogP contribution in [0.2, 0.25) is 0 Å². The maximum absolute atomic E-state index is 9.49. The van der Waals surface area contributed by atoms with Gasteiger partial charge in [0.15, 0.2) is 6.04 Å². The molecule has 4 heteroatoms. The molecule has 0 bridgehead atoms. The highest BCUT2D eigenvalue weighted by atomic mass is 16.5. The Morgan fingerprint density at radius 1 is 1.37 bits per heavy atom. The molecule has 1 aliphatic rings. The largest absolute Gasteiger partial charge is 0.497 e. The summed E-state index contributed by atoms with van der Waals surface area (Å²) in [6, 6.07) is 9.58. The van der Waals surface area contributed by atoms with Crippen molar-refractivity contribution in [1.29, 1.82) is 5.26 Å². The third-order valence-corrected chi connectivity index (χ3v) is 3.39. The lowest BCUT2D eigenvalue weighted by Crippen LogP contribution is -2.38. The van der Waals surface area contributed by atoms with E-state index in [4.69, 9.17) is 4.74 Å². The van der Waals surface area contributed by atoms with Gasteiger partial charge in [-0.25, -0.2) is 0 Å². The minimum absolute atomic E-state index is 0.121. The number of nitrogens with zero attached hydrogens (tertiary/aromatic N) is 3. The highest BCUT2D eigenvalue weighted by molar-refractivity contribution is 5.84. The molecular weight excluding hydrogens is 238 g/mol. The Balaban J connectivity index is 2.32. The van der Waals surface area contributed by atoms with E-state index >= 15 is 0 Å². The van der Waals surface area contributed by atoms with Gasteiger partial charge >= 0.3 is 0 Å². The predicted octanol–water partition coefficient (Wildman–Crippen LogP) is 3.12. The molecule has 1 aromatic carbocycles. The summed E-state index contributed by atoms with van der Waals surface area (Å²) in [5.74, 6) is 0.792. The molecular formula is C15H19N3O. The summed E-state index contributed by atoms with van der Waals surface area (Å²) in [7, 11) is 1.63. The molecule has 0 fully saturated rings. The van der Waals surface area contributed by atoms with E-state index in [9.17, 15) is 5.26 Å². The van der Waals surface area contributed by atoms with Crippen LogP contribution in [0.5, 0.6) is 5.75 Å². The molecule has 0 aliphatic carbocycles. The van der Waals surface area contributed by atoms with Crippen molar-refractivity contribution >= 4 is 5.71 Å². The van der Waals surface area contributed by atoms with Crippen LogP contribution in [0.3, 0.4) is 0 Å². The van der Waals surface area contributed by atoms with E-state index in [0.29, 0.717) is 0 Å².